The van der Waals surface area contributed by atoms with Crippen molar-refractivity contribution in [3.05, 3.63) is 35.9 Å². The van der Waals surface area contributed by atoms with E-state index in [1.807, 2.05) is 0 Å². The maximum atomic E-state index is 3.83. The lowest BCUT2D eigenvalue weighted by atomic mass is 9.95. The molecule has 1 aliphatic rings. The van der Waals surface area contributed by atoms with Gasteiger partial charge < -0.3 is 5.32 Å². The lowest BCUT2D eigenvalue weighted by molar-refractivity contribution is 0.360. The molecular formula is C15H23N. The Balaban J connectivity index is 2.05. The SMILES string of the molecule is CC(C)[C@H](NC1CCCC1)c1ccccc1. The minimum atomic E-state index is 0.518. The summed E-state index contributed by atoms with van der Waals surface area (Å²) in [4.78, 5) is 0. The van der Waals surface area contributed by atoms with Gasteiger partial charge in [0, 0.05) is 12.1 Å². The second kappa shape index (κ2) is 5.49. The Hall–Kier alpha value is -0.820. The average Bonchev–Trinajstić information content (AvgIpc) is 2.79. The molecule has 16 heavy (non-hydrogen) atoms. The number of hydrogen-bond donors (Lipinski definition) is 1. The van der Waals surface area contributed by atoms with E-state index in [0.29, 0.717) is 12.0 Å². The molecule has 0 heterocycles. The summed E-state index contributed by atoms with van der Waals surface area (Å²) in [6, 6.07) is 12.1. The van der Waals surface area contributed by atoms with Crippen molar-refractivity contribution >= 4 is 0 Å². The molecule has 1 aliphatic carbocycles. The van der Waals surface area contributed by atoms with E-state index in [1.54, 1.807) is 0 Å². The van der Waals surface area contributed by atoms with Crippen molar-refractivity contribution in [1.29, 1.82) is 0 Å². The van der Waals surface area contributed by atoms with Gasteiger partial charge in [-0.15, -0.1) is 0 Å². The number of nitrogens with one attached hydrogen (secondary N) is 1. The zero-order chi connectivity index (χ0) is 11.4. The minimum Gasteiger partial charge on any atom is -0.307 e. The Labute approximate surface area is 99.3 Å². The molecule has 2 rings (SSSR count). The monoisotopic (exact) mass is 217 g/mol. The molecule has 0 aromatic heterocycles. The maximum absolute atomic E-state index is 3.83. The molecule has 0 unspecified atom stereocenters. The van der Waals surface area contributed by atoms with E-state index in [2.05, 4.69) is 49.5 Å². The molecule has 1 nitrogen and oxygen atoms in total. The summed E-state index contributed by atoms with van der Waals surface area (Å²) in [5, 5.41) is 3.83. The van der Waals surface area contributed by atoms with Gasteiger partial charge in [0.05, 0.1) is 0 Å². The lowest BCUT2D eigenvalue weighted by Crippen LogP contribution is -2.33. The van der Waals surface area contributed by atoms with Crippen LogP contribution in [0.2, 0.25) is 0 Å². The fraction of sp³-hybridized carbons (Fsp3) is 0.600. The molecule has 0 amide bonds. The third-order valence-electron chi connectivity index (χ3n) is 3.60. The largest absolute Gasteiger partial charge is 0.307 e. The van der Waals surface area contributed by atoms with Crippen molar-refractivity contribution < 1.29 is 0 Å². The molecule has 1 N–H and O–H groups in total. The van der Waals surface area contributed by atoms with Crippen LogP contribution in [0.3, 0.4) is 0 Å². The van der Waals surface area contributed by atoms with Gasteiger partial charge in [-0.3, -0.25) is 0 Å². The van der Waals surface area contributed by atoms with Crippen molar-refractivity contribution in [3.8, 4) is 0 Å². The summed E-state index contributed by atoms with van der Waals surface area (Å²) < 4.78 is 0. The third kappa shape index (κ3) is 2.85. The molecule has 0 spiro atoms. The molecule has 88 valence electrons. The van der Waals surface area contributed by atoms with Crippen molar-refractivity contribution in [1.82, 2.24) is 5.32 Å². The third-order valence-corrected chi connectivity index (χ3v) is 3.60. The zero-order valence-electron chi connectivity index (χ0n) is 10.4. The normalized spacial score (nSPS) is 19.2. The van der Waals surface area contributed by atoms with Gasteiger partial charge in [0.2, 0.25) is 0 Å². The van der Waals surface area contributed by atoms with E-state index < -0.39 is 0 Å². The van der Waals surface area contributed by atoms with E-state index >= 15 is 0 Å². The first kappa shape index (κ1) is 11.7. The van der Waals surface area contributed by atoms with Crippen LogP contribution in [0, 0.1) is 5.92 Å². The summed E-state index contributed by atoms with van der Waals surface area (Å²) in [6.07, 6.45) is 5.51. The van der Waals surface area contributed by atoms with Crippen LogP contribution in [-0.2, 0) is 0 Å². The smallest absolute Gasteiger partial charge is 0.0345 e. The van der Waals surface area contributed by atoms with E-state index in [-0.39, 0.29) is 0 Å². The van der Waals surface area contributed by atoms with E-state index in [0.717, 1.165) is 6.04 Å². The number of rotatable bonds is 4. The Bertz CT molecular complexity index is 298. The van der Waals surface area contributed by atoms with Crippen LogP contribution in [0.15, 0.2) is 30.3 Å². The summed E-state index contributed by atoms with van der Waals surface area (Å²) in [5.74, 6) is 0.656. The lowest BCUT2D eigenvalue weighted by Gasteiger charge is -2.26. The highest BCUT2D eigenvalue weighted by Gasteiger charge is 2.22. The van der Waals surface area contributed by atoms with Crippen LogP contribution in [0.25, 0.3) is 0 Å². The Morgan fingerprint density at radius 3 is 2.25 bits per heavy atom. The van der Waals surface area contributed by atoms with E-state index in [1.165, 1.54) is 31.2 Å². The molecule has 0 aliphatic heterocycles. The van der Waals surface area contributed by atoms with Crippen LogP contribution >= 0.6 is 0 Å². The molecule has 0 radical (unpaired) electrons. The van der Waals surface area contributed by atoms with Crippen LogP contribution in [-0.4, -0.2) is 6.04 Å². The Morgan fingerprint density at radius 1 is 1.06 bits per heavy atom. The Morgan fingerprint density at radius 2 is 1.69 bits per heavy atom. The molecule has 1 atom stereocenters. The summed E-state index contributed by atoms with van der Waals surface area (Å²) >= 11 is 0. The number of benzene rings is 1. The zero-order valence-corrected chi connectivity index (χ0v) is 10.4. The molecule has 1 aromatic rings. The van der Waals surface area contributed by atoms with Crippen LogP contribution in [0.4, 0.5) is 0 Å². The highest BCUT2D eigenvalue weighted by Crippen LogP contribution is 2.26. The predicted molar refractivity (Wildman–Crippen MR) is 69.4 cm³/mol. The van der Waals surface area contributed by atoms with E-state index in [9.17, 15) is 0 Å². The first-order valence-corrected chi connectivity index (χ1v) is 6.58. The fourth-order valence-electron chi connectivity index (χ4n) is 2.68. The van der Waals surface area contributed by atoms with Gasteiger partial charge in [0.25, 0.3) is 0 Å². The first-order valence-electron chi connectivity index (χ1n) is 6.58. The molecule has 1 heteroatoms. The summed E-state index contributed by atoms with van der Waals surface area (Å²) in [6.45, 7) is 4.61. The number of hydrogen-bond acceptors (Lipinski definition) is 1. The van der Waals surface area contributed by atoms with Crippen molar-refractivity contribution in [3.63, 3.8) is 0 Å². The topological polar surface area (TPSA) is 12.0 Å². The van der Waals surface area contributed by atoms with Crippen molar-refractivity contribution in [2.45, 2.75) is 51.6 Å². The Kier molecular flexibility index (Phi) is 4.00. The van der Waals surface area contributed by atoms with Crippen LogP contribution in [0.1, 0.15) is 51.1 Å². The second-order valence-corrected chi connectivity index (χ2v) is 5.28. The minimum absolute atomic E-state index is 0.518. The summed E-state index contributed by atoms with van der Waals surface area (Å²) in [7, 11) is 0. The van der Waals surface area contributed by atoms with Gasteiger partial charge >= 0.3 is 0 Å². The molecular weight excluding hydrogens is 194 g/mol. The van der Waals surface area contributed by atoms with Crippen molar-refractivity contribution in [2.75, 3.05) is 0 Å². The highest BCUT2D eigenvalue weighted by atomic mass is 15.0. The fourth-order valence-corrected chi connectivity index (χ4v) is 2.68. The molecule has 1 aromatic carbocycles. The maximum Gasteiger partial charge on any atom is 0.0345 e. The van der Waals surface area contributed by atoms with Gasteiger partial charge in [0.15, 0.2) is 0 Å². The summed E-state index contributed by atoms with van der Waals surface area (Å²) in [5.41, 5.74) is 1.43. The van der Waals surface area contributed by atoms with Crippen LogP contribution < -0.4 is 5.32 Å². The second-order valence-electron chi connectivity index (χ2n) is 5.28. The first-order chi connectivity index (χ1) is 7.77. The molecule has 0 saturated heterocycles. The van der Waals surface area contributed by atoms with Crippen LogP contribution in [0.5, 0.6) is 0 Å². The quantitative estimate of drug-likeness (QED) is 0.806. The molecule has 1 fully saturated rings. The van der Waals surface area contributed by atoms with E-state index in [4.69, 9.17) is 0 Å². The molecule has 1 saturated carbocycles. The van der Waals surface area contributed by atoms with Gasteiger partial charge in [-0.25, -0.2) is 0 Å². The predicted octanol–water partition coefficient (Wildman–Crippen LogP) is 3.92. The standard InChI is InChI=1S/C15H23N/c1-12(2)15(13-8-4-3-5-9-13)16-14-10-6-7-11-14/h3-5,8-9,12,14-16H,6-7,10-11H2,1-2H3/t15-/m0/s1. The molecule has 0 bridgehead atoms. The van der Waals surface area contributed by atoms with Gasteiger partial charge in [-0.05, 0) is 24.3 Å². The van der Waals surface area contributed by atoms with Gasteiger partial charge in [-0.2, -0.15) is 0 Å². The van der Waals surface area contributed by atoms with Crippen molar-refractivity contribution in [2.24, 2.45) is 5.92 Å². The average molecular weight is 217 g/mol. The highest BCUT2D eigenvalue weighted by molar-refractivity contribution is 5.19. The van der Waals surface area contributed by atoms with Gasteiger partial charge in [0.1, 0.15) is 0 Å². The van der Waals surface area contributed by atoms with Gasteiger partial charge in [-0.1, -0.05) is 57.0 Å².